The van der Waals surface area contributed by atoms with Gasteiger partial charge in [0.1, 0.15) is 17.4 Å². The van der Waals surface area contributed by atoms with Crippen LogP contribution in [0.1, 0.15) is 5.56 Å². The van der Waals surface area contributed by atoms with E-state index >= 15 is 0 Å². The van der Waals surface area contributed by atoms with Crippen molar-refractivity contribution in [1.29, 1.82) is 5.26 Å². The van der Waals surface area contributed by atoms with Gasteiger partial charge in [0.25, 0.3) is 0 Å². The van der Waals surface area contributed by atoms with Crippen molar-refractivity contribution >= 4 is 27.5 Å². The Morgan fingerprint density at radius 2 is 2.00 bits per heavy atom. The highest BCUT2D eigenvalue weighted by molar-refractivity contribution is 5.98. The number of hydrogen-bond acceptors (Lipinski definition) is 3. The Balaban J connectivity index is 2.31. The Bertz CT molecular complexity index is 1040. The van der Waals surface area contributed by atoms with E-state index in [0.717, 1.165) is 27.6 Å². The molecule has 21 heavy (non-hydrogen) atoms. The van der Waals surface area contributed by atoms with E-state index in [2.05, 4.69) is 11.1 Å². The van der Waals surface area contributed by atoms with Gasteiger partial charge in [-0.1, -0.05) is 18.2 Å². The fourth-order valence-electron chi connectivity index (χ4n) is 2.79. The molecule has 0 bridgehead atoms. The molecule has 0 radical (unpaired) electrons. The zero-order valence-electron chi connectivity index (χ0n) is 11.4. The molecule has 0 saturated heterocycles. The molecule has 0 spiro atoms. The van der Waals surface area contributed by atoms with Crippen molar-refractivity contribution in [3.05, 3.63) is 54.2 Å². The average molecular weight is 273 g/mol. The third-order valence-corrected chi connectivity index (χ3v) is 3.76. The lowest BCUT2D eigenvalue weighted by Gasteiger charge is -2.03. The van der Waals surface area contributed by atoms with Crippen LogP contribution >= 0.6 is 0 Å². The summed E-state index contributed by atoms with van der Waals surface area (Å²) >= 11 is 0. The van der Waals surface area contributed by atoms with Gasteiger partial charge in [-0.05, 0) is 24.3 Å². The molecule has 0 fully saturated rings. The first-order valence-corrected chi connectivity index (χ1v) is 6.59. The maximum absolute atomic E-state index is 9.51. The number of rotatable bonds is 1. The second-order valence-electron chi connectivity index (χ2n) is 4.85. The first-order valence-electron chi connectivity index (χ1n) is 6.59. The van der Waals surface area contributed by atoms with Gasteiger partial charge in [0.2, 0.25) is 0 Å². The van der Waals surface area contributed by atoms with Crippen LogP contribution in [0, 0.1) is 11.3 Å². The topological polar surface area (TPSA) is 50.3 Å². The monoisotopic (exact) mass is 273 g/mol. The minimum atomic E-state index is 0.578. The number of benzene rings is 2. The SMILES string of the molecule is COc1ccc2c(c1)c(C#N)c1ncc3ccccc3n12. The van der Waals surface area contributed by atoms with Crippen molar-refractivity contribution in [2.24, 2.45) is 0 Å². The molecule has 2 aromatic carbocycles. The molecule has 2 aromatic heterocycles. The van der Waals surface area contributed by atoms with E-state index in [1.165, 1.54) is 0 Å². The molecule has 4 nitrogen and oxygen atoms in total. The molecule has 4 aromatic rings. The van der Waals surface area contributed by atoms with Crippen LogP contribution in [0.5, 0.6) is 5.75 Å². The van der Waals surface area contributed by atoms with Gasteiger partial charge in [-0.15, -0.1) is 0 Å². The highest BCUT2D eigenvalue weighted by Crippen LogP contribution is 2.31. The van der Waals surface area contributed by atoms with Crippen LogP contribution in [-0.4, -0.2) is 16.5 Å². The maximum atomic E-state index is 9.51. The van der Waals surface area contributed by atoms with Gasteiger partial charge in [-0.3, -0.25) is 4.40 Å². The number of aromatic nitrogens is 2. The summed E-state index contributed by atoms with van der Waals surface area (Å²) in [5.74, 6) is 0.735. The molecule has 0 atom stereocenters. The smallest absolute Gasteiger partial charge is 0.156 e. The Hall–Kier alpha value is -3.06. The molecule has 4 rings (SSSR count). The predicted octanol–water partition coefficient (Wildman–Crippen LogP) is 3.52. The Morgan fingerprint density at radius 3 is 2.81 bits per heavy atom. The summed E-state index contributed by atoms with van der Waals surface area (Å²) in [6.07, 6.45) is 1.81. The lowest BCUT2D eigenvalue weighted by atomic mass is 10.2. The summed E-state index contributed by atoms with van der Waals surface area (Å²) in [5, 5.41) is 11.4. The summed E-state index contributed by atoms with van der Waals surface area (Å²) in [6, 6.07) is 16.0. The number of hydrogen-bond donors (Lipinski definition) is 0. The third kappa shape index (κ3) is 1.52. The van der Waals surface area contributed by atoms with Gasteiger partial charge >= 0.3 is 0 Å². The Kier molecular flexibility index (Phi) is 2.36. The van der Waals surface area contributed by atoms with E-state index in [9.17, 15) is 5.26 Å². The maximum Gasteiger partial charge on any atom is 0.156 e. The standard InChI is InChI=1S/C17H11N3O/c1-21-12-6-7-16-13(8-12)14(9-18)17-19-10-11-4-2-3-5-15(11)20(16)17/h2-8,10H,1H3. The van der Waals surface area contributed by atoms with Crippen molar-refractivity contribution in [2.45, 2.75) is 0 Å². The first-order chi connectivity index (χ1) is 10.3. The van der Waals surface area contributed by atoms with Crippen molar-refractivity contribution < 1.29 is 4.74 Å². The van der Waals surface area contributed by atoms with Crippen LogP contribution in [-0.2, 0) is 0 Å². The molecule has 2 heterocycles. The Labute approximate surface area is 120 Å². The van der Waals surface area contributed by atoms with Gasteiger partial charge in [0, 0.05) is 17.0 Å². The van der Waals surface area contributed by atoms with Gasteiger partial charge in [0.05, 0.1) is 18.1 Å². The van der Waals surface area contributed by atoms with Crippen LogP contribution in [0.2, 0.25) is 0 Å². The molecular formula is C17H11N3O. The summed E-state index contributed by atoms with van der Waals surface area (Å²) in [4.78, 5) is 4.47. The van der Waals surface area contributed by atoms with Crippen molar-refractivity contribution in [1.82, 2.24) is 9.38 Å². The van der Waals surface area contributed by atoms with E-state index in [1.807, 2.05) is 53.1 Å². The molecule has 0 aliphatic heterocycles. The number of nitrogens with zero attached hydrogens (tertiary/aromatic N) is 3. The molecule has 0 aliphatic carbocycles. The minimum Gasteiger partial charge on any atom is -0.497 e. The molecule has 0 aliphatic rings. The van der Waals surface area contributed by atoms with Crippen LogP contribution in [0.4, 0.5) is 0 Å². The minimum absolute atomic E-state index is 0.578. The normalized spacial score (nSPS) is 11.0. The van der Waals surface area contributed by atoms with Crippen molar-refractivity contribution in [3.63, 3.8) is 0 Å². The molecule has 100 valence electrons. The third-order valence-electron chi connectivity index (χ3n) is 3.76. The second-order valence-corrected chi connectivity index (χ2v) is 4.85. The van der Waals surface area contributed by atoms with Gasteiger partial charge in [-0.2, -0.15) is 5.26 Å². The van der Waals surface area contributed by atoms with Crippen molar-refractivity contribution in [3.8, 4) is 11.8 Å². The zero-order chi connectivity index (χ0) is 14.4. The quantitative estimate of drug-likeness (QED) is 0.533. The predicted molar refractivity (Wildman–Crippen MR) is 81.5 cm³/mol. The van der Waals surface area contributed by atoms with Gasteiger partial charge in [0.15, 0.2) is 5.65 Å². The summed E-state index contributed by atoms with van der Waals surface area (Å²) < 4.78 is 7.30. The summed E-state index contributed by atoms with van der Waals surface area (Å²) in [7, 11) is 1.62. The van der Waals surface area contributed by atoms with Crippen molar-refractivity contribution in [2.75, 3.05) is 7.11 Å². The lowest BCUT2D eigenvalue weighted by Crippen LogP contribution is -1.91. The second kappa shape index (κ2) is 4.22. The van der Waals surface area contributed by atoms with E-state index in [4.69, 9.17) is 4.74 Å². The number of para-hydroxylation sites is 1. The first kappa shape index (κ1) is 11.7. The average Bonchev–Trinajstić information content (AvgIpc) is 2.87. The molecular weight excluding hydrogens is 262 g/mol. The largest absolute Gasteiger partial charge is 0.497 e. The number of methoxy groups -OCH3 is 1. The molecule has 4 heteroatoms. The van der Waals surface area contributed by atoms with Gasteiger partial charge in [-0.25, -0.2) is 4.98 Å². The Morgan fingerprint density at radius 1 is 1.14 bits per heavy atom. The van der Waals surface area contributed by atoms with Crippen LogP contribution in [0.3, 0.4) is 0 Å². The molecule has 0 saturated carbocycles. The molecule has 0 unspecified atom stereocenters. The highest BCUT2D eigenvalue weighted by atomic mass is 16.5. The summed E-state index contributed by atoms with van der Waals surface area (Å²) in [5.41, 5.74) is 3.26. The van der Waals surface area contributed by atoms with E-state index in [1.54, 1.807) is 7.11 Å². The van der Waals surface area contributed by atoms with E-state index in [0.29, 0.717) is 11.2 Å². The molecule has 0 N–H and O–H groups in total. The molecule has 0 amide bonds. The van der Waals surface area contributed by atoms with Crippen LogP contribution in [0.25, 0.3) is 27.5 Å². The summed E-state index contributed by atoms with van der Waals surface area (Å²) in [6.45, 7) is 0. The fourth-order valence-corrected chi connectivity index (χ4v) is 2.79. The van der Waals surface area contributed by atoms with E-state index in [-0.39, 0.29) is 0 Å². The fraction of sp³-hybridized carbons (Fsp3) is 0.0588. The highest BCUT2D eigenvalue weighted by Gasteiger charge is 2.15. The van der Waals surface area contributed by atoms with E-state index < -0.39 is 0 Å². The number of ether oxygens (including phenoxy) is 1. The number of nitriles is 1. The number of fused-ring (bicyclic) bond motifs is 5. The van der Waals surface area contributed by atoms with Gasteiger partial charge < -0.3 is 4.74 Å². The van der Waals surface area contributed by atoms with Crippen LogP contribution in [0.15, 0.2) is 48.7 Å². The lowest BCUT2D eigenvalue weighted by molar-refractivity contribution is 0.415. The van der Waals surface area contributed by atoms with Crippen LogP contribution < -0.4 is 4.74 Å². The zero-order valence-corrected chi connectivity index (χ0v) is 11.4.